The van der Waals surface area contributed by atoms with Crippen molar-refractivity contribution >= 4 is 11.7 Å². The number of carboxylic acids is 1. The van der Waals surface area contributed by atoms with Gasteiger partial charge in [-0.3, -0.25) is 4.79 Å². The minimum atomic E-state index is -4.37. The van der Waals surface area contributed by atoms with Crippen molar-refractivity contribution in [1.82, 2.24) is 0 Å². The maximum Gasteiger partial charge on any atom is 0.416 e. The zero-order valence-electron chi connectivity index (χ0n) is 16.6. The highest BCUT2D eigenvalue weighted by Gasteiger charge is 2.33. The fourth-order valence-corrected chi connectivity index (χ4v) is 4.05. The Morgan fingerprint density at radius 3 is 2.45 bits per heavy atom. The molecule has 156 valence electrons. The Kier molecular flexibility index (Phi) is 6.20. The Morgan fingerprint density at radius 2 is 1.86 bits per heavy atom. The fraction of sp³-hybridized carbons (Fsp3) is 0.435. The summed E-state index contributed by atoms with van der Waals surface area (Å²) in [6, 6.07) is 13.3. The molecule has 0 unspecified atom stereocenters. The zero-order valence-corrected chi connectivity index (χ0v) is 16.6. The number of anilines is 1. The molecule has 2 aromatic rings. The molecule has 1 saturated heterocycles. The molecule has 6 heteroatoms. The molecule has 0 aromatic heterocycles. The van der Waals surface area contributed by atoms with Crippen LogP contribution in [0.1, 0.15) is 61.8 Å². The zero-order chi connectivity index (χ0) is 21.2. The summed E-state index contributed by atoms with van der Waals surface area (Å²) in [4.78, 5) is 13.4. The van der Waals surface area contributed by atoms with Crippen molar-refractivity contribution in [2.24, 2.45) is 5.92 Å². The molecule has 1 aliphatic heterocycles. The van der Waals surface area contributed by atoms with Crippen molar-refractivity contribution in [3.8, 4) is 0 Å². The summed E-state index contributed by atoms with van der Waals surface area (Å²) in [5.41, 5.74) is 2.33. The lowest BCUT2D eigenvalue weighted by atomic mass is 9.84. The molecule has 0 bridgehead atoms. The summed E-state index contributed by atoms with van der Waals surface area (Å²) < 4.78 is 38.9. The molecule has 2 atom stereocenters. The van der Waals surface area contributed by atoms with Crippen LogP contribution in [0, 0.1) is 5.92 Å². The largest absolute Gasteiger partial charge is 0.481 e. The number of halogens is 3. The smallest absolute Gasteiger partial charge is 0.416 e. The van der Waals surface area contributed by atoms with Crippen LogP contribution in [0.4, 0.5) is 18.9 Å². The third-order valence-electron chi connectivity index (χ3n) is 5.67. The third-order valence-corrected chi connectivity index (χ3v) is 5.67. The summed E-state index contributed by atoms with van der Waals surface area (Å²) in [6.07, 6.45) is -2.95. The van der Waals surface area contributed by atoms with Gasteiger partial charge in [-0.05, 0) is 60.1 Å². The number of aliphatic carboxylic acids is 1. The number of alkyl halides is 3. The van der Waals surface area contributed by atoms with Crippen molar-refractivity contribution in [2.45, 2.75) is 51.2 Å². The Bertz CT molecular complexity index is 846. The second-order valence-electron chi connectivity index (χ2n) is 8.07. The molecule has 0 amide bonds. The van der Waals surface area contributed by atoms with E-state index >= 15 is 0 Å². The molecule has 0 aliphatic carbocycles. The minimum Gasteiger partial charge on any atom is -0.481 e. The topological polar surface area (TPSA) is 40.5 Å². The minimum absolute atomic E-state index is 0.00400. The maximum absolute atomic E-state index is 13.0. The lowest BCUT2D eigenvalue weighted by molar-refractivity contribution is -0.139. The Labute approximate surface area is 169 Å². The molecule has 0 radical (unpaired) electrons. The fourth-order valence-electron chi connectivity index (χ4n) is 4.05. The number of hydrogen-bond acceptors (Lipinski definition) is 2. The van der Waals surface area contributed by atoms with Crippen LogP contribution in [-0.2, 0) is 11.0 Å². The lowest BCUT2D eigenvalue weighted by Gasteiger charge is -2.41. The predicted molar refractivity (Wildman–Crippen MR) is 107 cm³/mol. The first-order valence-corrected chi connectivity index (χ1v) is 9.90. The van der Waals surface area contributed by atoms with Crippen LogP contribution in [-0.4, -0.2) is 17.6 Å². The number of nitrogens with zero attached hydrogens (tertiary/aromatic N) is 1. The monoisotopic (exact) mass is 405 g/mol. The van der Waals surface area contributed by atoms with Crippen molar-refractivity contribution < 1.29 is 23.1 Å². The first kappa shape index (κ1) is 21.2. The number of carbonyl (C=O) groups is 1. The molecule has 0 saturated carbocycles. The molecule has 3 rings (SSSR count). The van der Waals surface area contributed by atoms with E-state index in [0.29, 0.717) is 18.9 Å². The van der Waals surface area contributed by atoms with Gasteiger partial charge in [0.05, 0.1) is 11.6 Å². The number of carboxylic acid groups (broad SMARTS) is 1. The molecule has 1 aliphatic rings. The van der Waals surface area contributed by atoms with Crippen molar-refractivity contribution in [3.63, 3.8) is 0 Å². The average molecular weight is 405 g/mol. The highest BCUT2D eigenvalue weighted by Crippen LogP contribution is 2.40. The molecule has 1 fully saturated rings. The van der Waals surface area contributed by atoms with Gasteiger partial charge in [0.2, 0.25) is 0 Å². The summed E-state index contributed by atoms with van der Waals surface area (Å²) in [6.45, 7) is 4.91. The van der Waals surface area contributed by atoms with E-state index in [1.54, 1.807) is 0 Å². The number of benzene rings is 2. The van der Waals surface area contributed by atoms with E-state index < -0.39 is 17.7 Å². The van der Waals surface area contributed by atoms with Gasteiger partial charge in [0.15, 0.2) is 0 Å². The number of piperidine rings is 1. The van der Waals surface area contributed by atoms with Gasteiger partial charge in [-0.25, -0.2) is 0 Å². The Morgan fingerprint density at radius 1 is 1.17 bits per heavy atom. The van der Waals surface area contributed by atoms with Crippen LogP contribution in [0.15, 0.2) is 48.5 Å². The quantitative estimate of drug-likeness (QED) is 0.638. The van der Waals surface area contributed by atoms with Crippen LogP contribution in [0.2, 0.25) is 0 Å². The Hall–Kier alpha value is -2.50. The van der Waals surface area contributed by atoms with Crippen LogP contribution >= 0.6 is 0 Å². The summed E-state index contributed by atoms with van der Waals surface area (Å²) in [5.74, 6) is -0.468. The molecule has 3 nitrogen and oxygen atoms in total. The summed E-state index contributed by atoms with van der Waals surface area (Å²) >= 11 is 0. The third kappa shape index (κ3) is 5.11. The number of rotatable bonds is 5. The van der Waals surface area contributed by atoms with Gasteiger partial charge < -0.3 is 10.0 Å². The normalized spacial score (nSPS) is 20.1. The maximum atomic E-state index is 13.0. The van der Waals surface area contributed by atoms with Crippen LogP contribution in [0.5, 0.6) is 0 Å². The summed E-state index contributed by atoms with van der Waals surface area (Å²) in [7, 11) is 0. The van der Waals surface area contributed by atoms with Crippen LogP contribution in [0.3, 0.4) is 0 Å². The van der Waals surface area contributed by atoms with Gasteiger partial charge in [-0.2, -0.15) is 13.2 Å². The van der Waals surface area contributed by atoms with Gasteiger partial charge in [0.25, 0.3) is 0 Å². The molecular formula is C23H26F3NO2. The Balaban J connectivity index is 1.94. The van der Waals surface area contributed by atoms with E-state index in [1.165, 1.54) is 17.7 Å². The lowest BCUT2D eigenvalue weighted by Crippen LogP contribution is -2.37. The van der Waals surface area contributed by atoms with Crippen LogP contribution < -0.4 is 4.90 Å². The van der Waals surface area contributed by atoms with E-state index in [1.807, 2.05) is 12.1 Å². The molecule has 1 N–H and O–H groups in total. The molecular weight excluding hydrogens is 379 g/mol. The predicted octanol–water partition coefficient (Wildman–Crippen LogP) is 6.26. The van der Waals surface area contributed by atoms with E-state index in [9.17, 15) is 23.1 Å². The molecule has 29 heavy (non-hydrogen) atoms. The molecule has 0 spiro atoms. The van der Waals surface area contributed by atoms with Crippen molar-refractivity contribution in [1.29, 1.82) is 0 Å². The van der Waals surface area contributed by atoms with E-state index in [2.05, 4.69) is 30.9 Å². The summed E-state index contributed by atoms with van der Waals surface area (Å²) in [5, 5.41) is 9.19. The van der Waals surface area contributed by atoms with Crippen molar-refractivity contribution in [3.05, 3.63) is 65.2 Å². The van der Waals surface area contributed by atoms with E-state index in [0.717, 1.165) is 29.8 Å². The first-order chi connectivity index (χ1) is 13.6. The standard InChI is InChI=1S/C23H26F3NO2/c1-15(2)18-4-3-5-20(14-18)27-11-10-16(13-22(28)29)12-21(27)17-6-8-19(9-7-17)23(24,25)26/h3-9,14-16,21H,10-13H2,1-2H3,(H,28,29)/t16-,21+/m1/s1. The van der Waals surface area contributed by atoms with Gasteiger partial charge >= 0.3 is 12.1 Å². The van der Waals surface area contributed by atoms with Gasteiger partial charge in [0, 0.05) is 18.7 Å². The number of hydrogen-bond donors (Lipinski definition) is 1. The van der Waals surface area contributed by atoms with Gasteiger partial charge in [-0.15, -0.1) is 0 Å². The van der Waals surface area contributed by atoms with Crippen LogP contribution in [0.25, 0.3) is 0 Å². The highest BCUT2D eigenvalue weighted by atomic mass is 19.4. The molecule has 1 heterocycles. The average Bonchev–Trinajstić information content (AvgIpc) is 2.67. The van der Waals surface area contributed by atoms with E-state index in [-0.39, 0.29) is 18.4 Å². The second-order valence-corrected chi connectivity index (χ2v) is 8.07. The van der Waals surface area contributed by atoms with Gasteiger partial charge in [-0.1, -0.05) is 38.1 Å². The second kappa shape index (κ2) is 8.47. The van der Waals surface area contributed by atoms with Gasteiger partial charge in [0.1, 0.15) is 0 Å². The SMILES string of the molecule is CC(C)c1cccc(N2CC[C@@H](CC(=O)O)C[C@H]2c2ccc(C(F)(F)F)cc2)c1. The van der Waals surface area contributed by atoms with Crippen molar-refractivity contribution in [2.75, 3.05) is 11.4 Å². The van der Waals surface area contributed by atoms with E-state index in [4.69, 9.17) is 0 Å². The molecule has 2 aromatic carbocycles. The highest BCUT2D eigenvalue weighted by molar-refractivity contribution is 5.67. The first-order valence-electron chi connectivity index (χ1n) is 9.90.